The van der Waals surface area contributed by atoms with Gasteiger partial charge in [-0.2, -0.15) is 0 Å². The average Bonchev–Trinajstić information content (AvgIpc) is 2.61. The van der Waals surface area contributed by atoms with Crippen molar-refractivity contribution in [3.63, 3.8) is 0 Å². The fourth-order valence-corrected chi connectivity index (χ4v) is 2.46. The van der Waals surface area contributed by atoms with Crippen LogP contribution in [0.2, 0.25) is 0 Å². The lowest BCUT2D eigenvalue weighted by Crippen LogP contribution is -2.24. The van der Waals surface area contributed by atoms with E-state index in [-0.39, 0.29) is 6.61 Å². The molecule has 23 heavy (non-hydrogen) atoms. The Bertz CT molecular complexity index is 689. The molecule has 4 heteroatoms. The molecule has 2 rings (SSSR count). The molecule has 0 saturated heterocycles. The lowest BCUT2D eigenvalue weighted by atomic mass is 10.2. The van der Waals surface area contributed by atoms with Crippen molar-refractivity contribution in [3.05, 3.63) is 65.7 Å². The fourth-order valence-electron chi connectivity index (χ4n) is 1.91. The van der Waals surface area contributed by atoms with Gasteiger partial charge in [0, 0.05) is 23.4 Å². The van der Waals surface area contributed by atoms with Gasteiger partial charge < -0.3 is 10.1 Å². The fraction of sp³-hybridized carbons (Fsp3) is 0.211. The number of ether oxygens (including phenoxy) is 1. The van der Waals surface area contributed by atoms with E-state index in [1.807, 2.05) is 60.9 Å². The number of nitrogens with one attached hydrogen (secondary N) is 1. The number of rotatable bonds is 5. The van der Waals surface area contributed by atoms with Crippen LogP contribution in [0.25, 0.3) is 0 Å². The molecule has 0 radical (unpaired) electrons. The Balaban J connectivity index is 1.69. The maximum atomic E-state index is 11.6. The monoisotopic (exact) mass is 325 g/mol. The second-order valence-corrected chi connectivity index (χ2v) is 5.59. The first-order valence-corrected chi connectivity index (χ1v) is 8.58. The van der Waals surface area contributed by atoms with Crippen LogP contribution < -0.4 is 5.32 Å². The van der Waals surface area contributed by atoms with Gasteiger partial charge in [-0.25, -0.2) is 4.79 Å². The summed E-state index contributed by atoms with van der Waals surface area (Å²) in [5, 5.41) is 2.70. The van der Waals surface area contributed by atoms with Crippen LogP contribution in [0.5, 0.6) is 0 Å². The van der Waals surface area contributed by atoms with E-state index in [9.17, 15) is 4.79 Å². The molecule has 0 spiro atoms. The van der Waals surface area contributed by atoms with E-state index >= 15 is 0 Å². The van der Waals surface area contributed by atoms with E-state index in [0.29, 0.717) is 13.0 Å². The number of alkyl carbamates (subject to hydrolysis) is 1. The Labute approximate surface area is 141 Å². The molecule has 0 aromatic heterocycles. The van der Waals surface area contributed by atoms with E-state index in [0.717, 1.165) is 16.0 Å². The minimum absolute atomic E-state index is 0.277. The number of hydrogen-bond acceptors (Lipinski definition) is 3. The van der Waals surface area contributed by atoms with Gasteiger partial charge in [0.05, 0.1) is 0 Å². The maximum absolute atomic E-state index is 11.6. The van der Waals surface area contributed by atoms with E-state index in [4.69, 9.17) is 4.74 Å². The largest absolute Gasteiger partial charge is 0.445 e. The zero-order chi connectivity index (χ0) is 16.3. The highest BCUT2D eigenvalue weighted by Crippen LogP contribution is 2.18. The molecule has 2 aromatic carbocycles. The van der Waals surface area contributed by atoms with Crippen LogP contribution in [-0.4, -0.2) is 18.9 Å². The Morgan fingerprint density at radius 2 is 1.87 bits per heavy atom. The topological polar surface area (TPSA) is 38.3 Å². The molecule has 1 N–H and O–H groups in total. The molecule has 0 fully saturated rings. The highest BCUT2D eigenvalue weighted by Gasteiger charge is 2.00. The standard InChI is InChI=1S/C19H19NO2S/c1-23-18-13-6-5-11-17(18)12-7-8-14-20-19(21)22-15-16-9-3-2-4-10-16/h2-6,9-11,13H,8,14-15H2,1H3,(H,20,21). The molecule has 1 amide bonds. The van der Waals surface area contributed by atoms with Crippen molar-refractivity contribution in [2.24, 2.45) is 0 Å². The summed E-state index contributed by atoms with van der Waals surface area (Å²) < 4.78 is 5.13. The number of benzene rings is 2. The normalized spacial score (nSPS) is 9.61. The quantitative estimate of drug-likeness (QED) is 0.511. The van der Waals surface area contributed by atoms with Crippen molar-refractivity contribution >= 4 is 17.9 Å². The van der Waals surface area contributed by atoms with Crippen molar-refractivity contribution in [2.45, 2.75) is 17.9 Å². The van der Waals surface area contributed by atoms with Crippen molar-refractivity contribution in [1.82, 2.24) is 5.32 Å². The summed E-state index contributed by atoms with van der Waals surface area (Å²) >= 11 is 1.68. The third-order valence-electron chi connectivity index (χ3n) is 3.06. The molecular weight excluding hydrogens is 306 g/mol. The highest BCUT2D eigenvalue weighted by molar-refractivity contribution is 7.98. The van der Waals surface area contributed by atoms with Gasteiger partial charge in [-0.3, -0.25) is 0 Å². The second kappa shape index (κ2) is 9.60. The van der Waals surface area contributed by atoms with E-state index in [1.54, 1.807) is 11.8 Å². The summed E-state index contributed by atoms with van der Waals surface area (Å²) in [4.78, 5) is 12.7. The first-order valence-electron chi connectivity index (χ1n) is 7.36. The van der Waals surface area contributed by atoms with Gasteiger partial charge in [0.25, 0.3) is 0 Å². The van der Waals surface area contributed by atoms with Crippen LogP contribution in [0, 0.1) is 11.8 Å². The number of hydrogen-bond donors (Lipinski definition) is 1. The molecule has 3 nitrogen and oxygen atoms in total. The molecule has 118 valence electrons. The average molecular weight is 325 g/mol. The molecule has 0 atom stereocenters. The summed E-state index contributed by atoms with van der Waals surface area (Å²) in [5.74, 6) is 6.20. The molecule has 0 aliphatic rings. The van der Waals surface area contributed by atoms with E-state index < -0.39 is 6.09 Å². The predicted octanol–water partition coefficient (Wildman–Crippen LogP) is 4.08. The predicted molar refractivity (Wildman–Crippen MR) is 94.3 cm³/mol. The van der Waals surface area contributed by atoms with Crippen LogP contribution in [-0.2, 0) is 11.3 Å². The second-order valence-electron chi connectivity index (χ2n) is 4.74. The maximum Gasteiger partial charge on any atom is 0.407 e. The molecule has 0 unspecified atom stereocenters. The molecular formula is C19H19NO2S. The van der Waals surface area contributed by atoms with Gasteiger partial charge in [-0.15, -0.1) is 11.8 Å². The summed E-state index contributed by atoms with van der Waals surface area (Å²) in [6.07, 6.45) is 2.20. The molecule has 0 aliphatic heterocycles. The third kappa shape index (κ3) is 6.09. The smallest absolute Gasteiger partial charge is 0.407 e. The van der Waals surface area contributed by atoms with E-state index in [2.05, 4.69) is 17.2 Å². The van der Waals surface area contributed by atoms with Crippen LogP contribution in [0.1, 0.15) is 17.5 Å². The highest BCUT2D eigenvalue weighted by atomic mass is 32.2. The minimum atomic E-state index is -0.417. The van der Waals surface area contributed by atoms with Crippen LogP contribution in [0.3, 0.4) is 0 Å². The van der Waals surface area contributed by atoms with Gasteiger partial charge in [0.1, 0.15) is 6.61 Å². The summed E-state index contributed by atoms with van der Waals surface area (Å²) in [7, 11) is 0. The SMILES string of the molecule is CSc1ccccc1C#CCCNC(=O)OCc1ccccc1. The van der Waals surface area contributed by atoms with E-state index in [1.165, 1.54) is 0 Å². The van der Waals surface area contributed by atoms with Gasteiger partial charge in [-0.1, -0.05) is 54.3 Å². The zero-order valence-corrected chi connectivity index (χ0v) is 13.9. The Hall–Kier alpha value is -2.38. The first-order chi connectivity index (χ1) is 11.3. The third-order valence-corrected chi connectivity index (χ3v) is 3.86. The Morgan fingerprint density at radius 1 is 1.13 bits per heavy atom. The van der Waals surface area contributed by atoms with Gasteiger partial charge in [0.2, 0.25) is 0 Å². The molecule has 2 aromatic rings. The molecule has 0 saturated carbocycles. The molecule has 0 bridgehead atoms. The molecule has 0 heterocycles. The van der Waals surface area contributed by atoms with Gasteiger partial charge in [0.15, 0.2) is 0 Å². The van der Waals surface area contributed by atoms with Crippen LogP contribution in [0.15, 0.2) is 59.5 Å². The van der Waals surface area contributed by atoms with Crippen LogP contribution in [0.4, 0.5) is 4.79 Å². The summed E-state index contributed by atoms with van der Waals surface area (Å²) in [6.45, 7) is 0.751. The van der Waals surface area contributed by atoms with Crippen molar-refractivity contribution in [3.8, 4) is 11.8 Å². The Morgan fingerprint density at radius 3 is 2.65 bits per heavy atom. The zero-order valence-electron chi connectivity index (χ0n) is 13.0. The summed E-state index contributed by atoms with van der Waals surface area (Å²) in [6, 6.07) is 17.6. The number of carbonyl (C=O) groups excluding carboxylic acids is 1. The first kappa shape index (κ1) is 17.0. The Kier molecular flexibility index (Phi) is 7.09. The number of thioether (sulfide) groups is 1. The van der Waals surface area contributed by atoms with Crippen molar-refractivity contribution in [2.75, 3.05) is 12.8 Å². The van der Waals surface area contributed by atoms with Gasteiger partial charge in [-0.05, 0) is 24.0 Å². The van der Waals surface area contributed by atoms with Crippen molar-refractivity contribution in [1.29, 1.82) is 0 Å². The number of carbonyl (C=O) groups is 1. The number of amides is 1. The van der Waals surface area contributed by atoms with Gasteiger partial charge >= 0.3 is 6.09 Å². The minimum Gasteiger partial charge on any atom is -0.445 e. The summed E-state index contributed by atoms with van der Waals surface area (Å²) in [5.41, 5.74) is 1.99. The molecule has 0 aliphatic carbocycles. The van der Waals surface area contributed by atoms with Crippen LogP contribution >= 0.6 is 11.8 Å². The lowest BCUT2D eigenvalue weighted by Gasteiger charge is -2.05. The van der Waals surface area contributed by atoms with Crippen molar-refractivity contribution < 1.29 is 9.53 Å². The lowest BCUT2D eigenvalue weighted by molar-refractivity contribution is 0.140.